The number of thiazole rings is 1. The van der Waals surface area contributed by atoms with Crippen molar-refractivity contribution in [2.75, 3.05) is 4.72 Å². The fraction of sp³-hybridized carbons (Fsp3) is 0. The standard InChI is InChI=1S/C20H14N4O4S2/c25-12-17-16-4-2-1-3-13(16)11-18(19(17)26)23-22-14-5-7-15(8-6-14)30(27,28)24-20-21-9-10-29-20/h1-12,26H,(H,21,24). The van der Waals surface area contributed by atoms with E-state index in [0.717, 1.165) is 5.39 Å². The summed E-state index contributed by atoms with van der Waals surface area (Å²) in [6.07, 6.45) is 2.08. The first-order valence-electron chi connectivity index (χ1n) is 8.62. The van der Waals surface area contributed by atoms with Crippen LogP contribution < -0.4 is 4.72 Å². The van der Waals surface area contributed by atoms with E-state index in [1.165, 1.54) is 41.8 Å². The number of sulfonamides is 1. The number of hydrogen-bond donors (Lipinski definition) is 2. The van der Waals surface area contributed by atoms with Crippen LogP contribution in [-0.4, -0.2) is 24.8 Å². The van der Waals surface area contributed by atoms with Gasteiger partial charge in [-0.2, -0.15) is 5.11 Å². The number of carbonyl (C=O) groups excluding carboxylic acids is 1. The van der Waals surface area contributed by atoms with Crippen molar-refractivity contribution in [1.29, 1.82) is 0 Å². The molecule has 0 spiro atoms. The molecule has 0 aliphatic carbocycles. The molecule has 150 valence electrons. The molecule has 2 N–H and O–H groups in total. The van der Waals surface area contributed by atoms with E-state index < -0.39 is 10.0 Å². The first kappa shape index (κ1) is 19.7. The quantitative estimate of drug-likeness (QED) is 0.323. The van der Waals surface area contributed by atoms with Crippen molar-refractivity contribution in [2.24, 2.45) is 10.2 Å². The highest BCUT2D eigenvalue weighted by atomic mass is 32.2. The first-order chi connectivity index (χ1) is 14.5. The molecule has 0 unspecified atom stereocenters. The summed E-state index contributed by atoms with van der Waals surface area (Å²) >= 11 is 1.17. The lowest BCUT2D eigenvalue weighted by molar-refractivity contribution is 0.112. The number of phenols is 1. The highest BCUT2D eigenvalue weighted by Crippen LogP contribution is 2.36. The Hall–Kier alpha value is -3.63. The smallest absolute Gasteiger partial charge is 0.263 e. The minimum atomic E-state index is -3.76. The number of phenolic OH excluding ortho intramolecular Hbond substituents is 1. The molecule has 1 heterocycles. The van der Waals surface area contributed by atoms with Crippen LogP contribution in [0.25, 0.3) is 10.8 Å². The molecular weight excluding hydrogens is 424 g/mol. The Bertz CT molecular complexity index is 1350. The number of fused-ring (bicyclic) bond motifs is 1. The molecule has 8 nitrogen and oxygen atoms in total. The summed E-state index contributed by atoms with van der Waals surface area (Å²) in [5.74, 6) is -0.265. The number of nitrogens with one attached hydrogen (secondary N) is 1. The normalized spacial score (nSPS) is 11.7. The van der Waals surface area contributed by atoms with Gasteiger partial charge < -0.3 is 5.11 Å². The van der Waals surface area contributed by atoms with E-state index in [0.29, 0.717) is 17.4 Å². The summed E-state index contributed by atoms with van der Waals surface area (Å²) in [7, 11) is -3.76. The summed E-state index contributed by atoms with van der Waals surface area (Å²) in [5, 5.41) is 21.7. The Morgan fingerprint density at radius 3 is 2.53 bits per heavy atom. The van der Waals surface area contributed by atoms with E-state index in [1.54, 1.807) is 29.6 Å². The predicted molar refractivity (Wildman–Crippen MR) is 115 cm³/mol. The third-order valence-electron chi connectivity index (χ3n) is 4.23. The molecule has 0 fully saturated rings. The van der Waals surface area contributed by atoms with Gasteiger partial charge in [-0.15, -0.1) is 16.5 Å². The zero-order valence-corrected chi connectivity index (χ0v) is 16.9. The second-order valence-electron chi connectivity index (χ2n) is 6.13. The zero-order valence-electron chi connectivity index (χ0n) is 15.3. The Morgan fingerprint density at radius 2 is 1.83 bits per heavy atom. The van der Waals surface area contributed by atoms with Crippen LogP contribution in [-0.2, 0) is 10.0 Å². The minimum Gasteiger partial charge on any atom is -0.505 e. The minimum absolute atomic E-state index is 0.0495. The maximum absolute atomic E-state index is 12.4. The molecular formula is C20H14N4O4S2. The van der Waals surface area contributed by atoms with Crippen molar-refractivity contribution in [3.8, 4) is 5.75 Å². The molecule has 4 aromatic rings. The number of aldehydes is 1. The van der Waals surface area contributed by atoms with Crippen molar-refractivity contribution in [2.45, 2.75) is 4.90 Å². The third-order valence-corrected chi connectivity index (χ3v) is 6.41. The Morgan fingerprint density at radius 1 is 1.07 bits per heavy atom. The number of hydrogen-bond acceptors (Lipinski definition) is 8. The van der Waals surface area contributed by atoms with Crippen molar-refractivity contribution in [1.82, 2.24) is 4.98 Å². The molecule has 0 amide bonds. The average Bonchev–Trinajstić information content (AvgIpc) is 3.25. The van der Waals surface area contributed by atoms with E-state index >= 15 is 0 Å². The van der Waals surface area contributed by atoms with E-state index in [9.17, 15) is 18.3 Å². The van der Waals surface area contributed by atoms with Gasteiger partial charge in [-0.05, 0) is 41.1 Å². The molecule has 3 aromatic carbocycles. The second-order valence-corrected chi connectivity index (χ2v) is 8.71. The van der Waals surface area contributed by atoms with Crippen molar-refractivity contribution in [3.63, 3.8) is 0 Å². The van der Waals surface area contributed by atoms with Gasteiger partial charge in [-0.3, -0.25) is 9.52 Å². The maximum atomic E-state index is 12.4. The highest BCUT2D eigenvalue weighted by Gasteiger charge is 2.15. The van der Waals surface area contributed by atoms with Gasteiger partial charge in [0.25, 0.3) is 10.0 Å². The zero-order chi connectivity index (χ0) is 21.1. The molecule has 0 saturated carbocycles. The number of carbonyl (C=O) groups is 1. The molecule has 0 radical (unpaired) electrons. The molecule has 1 aromatic heterocycles. The van der Waals surface area contributed by atoms with Gasteiger partial charge in [0.05, 0.1) is 16.1 Å². The molecule has 0 bridgehead atoms. The van der Waals surface area contributed by atoms with Crippen molar-refractivity contribution in [3.05, 3.63) is 71.7 Å². The number of aromatic nitrogens is 1. The highest BCUT2D eigenvalue weighted by molar-refractivity contribution is 7.93. The summed E-state index contributed by atoms with van der Waals surface area (Å²) in [5.41, 5.74) is 0.651. The average molecular weight is 438 g/mol. The Balaban J connectivity index is 1.61. The SMILES string of the molecule is O=Cc1c(O)c(N=Nc2ccc(S(=O)(=O)Nc3nccs3)cc2)cc2ccccc12. The summed E-state index contributed by atoms with van der Waals surface area (Å²) < 4.78 is 27.1. The number of rotatable bonds is 6. The number of benzene rings is 3. The maximum Gasteiger partial charge on any atom is 0.263 e. The summed E-state index contributed by atoms with van der Waals surface area (Å²) in [6.45, 7) is 0. The topological polar surface area (TPSA) is 121 Å². The lowest BCUT2D eigenvalue weighted by atomic mass is 10.0. The van der Waals surface area contributed by atoms with Gasteiger partial charge in [-0.1, -0.05) is 24.3 Å². The largest absolute Gasteiger partial charge is 0.505 e. The van der Waals surface area contributed by atoms with Gasteiger partial charge in [0.15, 0.2) is 17.2 Å². The second kappa shape index (κ2) is 8.01. The summed E-state index contributed by atoms with van der Waals surface area (Å²) in [6, 6.07) is 14.5. The molecule has 4 rings (SSSR count). The Kier molecular flexibility index (Phi) is 5.25. The van der Waals surface area contributed by atoms with Crippen LogP contribution in [0.5, 0.6) is 5.75 Å². The van der Waals surface area contributed by atoms with Crippen molar-refractivity contribution < 1.29 is 18.3 Å². The van der Waals surface area contributed by atoms with E-state index in [2.05, 4.69) is 19.9 Å². The van der Waals surface area contributed by atoms with Crippen molar-refractivity contribution >= 4 is 54.9 Å². The van der Waals surface area contributed by atoms with Gasteiger partial charge in [0, 0.05) is 11.6 Å². The van der Waals surface area contributed by atoms with E-state index in [-0.39, 0.29) is 27.0 Å². The van der Waals surface area contributed by atoms with Gasteiger partial charge >= 0.3 is 0 Å². The van der Waals surface area contributed by atoms with Crippen LogP contribution >= 0.6 is 11.3 Å². The molecule has 0 aliphatic rings. The van der Waals surface area contributed by atoms with Crippen LogP contribution in [0.15, 0.2) is 81.3 Å². The Labute approximate surface area is 175 Å². The number of aromatic hydroxyl groups is 1. The van der Waals surface area contributed by atoms with Crippen LogP contribution in [0.2, 0.25) is 0 Å². The summed E-state index contributed by atoms with van der Waals surface area (Å²) in [4.78, 5) is 15.4. The van der Waals surface area contributed by atoms with E-state index in [1.807, 2.05) is 6.07 Å². The fourth-order valence-corrected chi connectivity index (χ4v) is 4.58. The van der Waals surface area contributed by atoms with Gasteiger partial charge in [0.1, 0.15) is 5.69 Å². The predicted octanol–water partition coefficient (Wildman–Crippen LogP) is 5.03. The van der Waals surface area contributed by atoms with E-state index in [4.69, 9.17) is 0 Å². The van der Waals surface area contributed by atoms with Crippen LogP contribution in [0.3, 0.4) is 0 Å². The molecule has 10 heteroatoms. The lowest BCUT2D eigenvalue weighted by Gasteiger charge is -2.06. The van der Waals surface area contributed by atoms with Gasteiger partial charge in [0.2, 0.25) is 0 Å². The molecule has 30 heavy (non-hydrogen) atoms. The molecule has 0 aliphatic heterocycles. The lowest BCUT2D eigenvalue weighted by Crippen LogP contribution is -2.12. The van der Waals surface area contributed by atoms with Gasteiger partial charge in [-0.25, -0.2) is 13.4 Å². The number of anilines is 1. The first-order valence-corrected chi connectivity index (χ1v) is 11.0. The van der Waals surface area contributed by atoms with Crippen LogP contribution in [0.1, 0.15) is 10.4 Å². The number of nitrogens with zero attached hydrogens (tertiary/aromatic N) is 3. The van der Waals surface area contributed by atoms with Crippen LogP contribution in [0, 0.1) is 0 Å². The van der Waals surface area contributed by atoms with Crippen LogP contribution in [0.4, 0.5) is 16.5 Å². The monoisotopic (exact) mass is 438 g/mol. The number of azo groups is 1. The molecule has 0 saturated heterocycles. The molecule has 0 atom stereocenters. The fourth-order valence-electron chi connectivity index (χ4n) is 2.80. The third kappa shape index (κ3) is 3.91.